The van der Waals surface area contributed by atoms with Crippen LogP contribution in [0.3, 0.4) is 0 Å². The van der Waals surface area contributed by atoms with E-state index < -0.39 is 6.10 Å². The summed E-state index contributed by atoms with van der Waals surface area (Å²) in [5.74, 6) is 0.790. The maximum atomic E-state index is 10.4. The molecule has 0 aliphatic rings. The summed E-state index contributed by atoms with van der Waals surface area (Å²) in [5.41, 5.74) is 0.879. The zero-order chi connectivity index (χ0) is 15.9. The van der Waals surface area contributed by atoms with Gasteiger partial charge in [0.15, 0.2) is 0 Å². The number of rotatable bonds is 8. The molecule has 0 saturated carbocycles. The normalized spacial score (nSPS) is 15.3. The van der Waals surface area contributed by atoms with Crippen molar-refractivity contribution in [3.63, 3.8) is 0 Å². The van der Waals surface area contributed by atoms with Gasteiger partial charge >= 0.3 is 0 Å². The van der Waals surface area contributed by atoms with Crippen molar-refractivity contribution in [3.8, 4) is 5.75 Å². The van der Waals surface area contributed by atoms with Gasteiger partial charge < -0.3 is 15.2 Å². The van der Waals surface area contributed by atoms with E-state index in [2.05, 4.69) is 22.3 Å². The monoisotopic (exact) mass is 304 g/mol. The van der Waals surface area contributed by atoms with Crippen molar-refractivity contribution in [1.82, 2.24) is 20.1 Å². The van der Waals surface area contributed by atoms with Gasteiger partial charge in [-0.25, -0.2) is 4.98 Å². The highest BCUT2D eigenvalue weighted by molar-refractivity contribution is 5.29. The largest absolute Gasteiger partial charge is 0.497 e. The Morgan fingerprint density at radius 2 is 2.00 bits per heavy atom. The van der Waals surface area contributed by atoms with E-state index in [1.165, 1.54) is 6.33 Å². The minimum atomic E-state index is -0.556. The third-order valence-electron chi connectivity index (χ3n) is 3.74. The van der Waals surface area contributed by atoms with Crippen LogP contribution in [0.15, 0.2) is 36.9 Å². The van der Waals surface area contributed by atoms with Gasteiger partial charge in [-0.15, -0.1) is 0 Å². The second-order valence-corrected chi connectivity index (χ2v) is 5.52. The molecule has 1 aromatic carbocycles. The van der Waals surface area contributed by atoms with E-state index in [-0.39, 0.29) is 12.1 Å². The second-order valence-electron chi connectivity index (χ2n) is 5.52. The summed E-state index contributed by atoms with van der Waals surface area (Å²) in [5, 5.41) is 17.9. The van der Waals surface area contributed by atoms with Gasteiger partial charge in [0.1, 0.15) is 18.4 Å². The van der Waals surface area contributed by atoms with Crippen molar-refractivity contribution in [1.29, 1.82) is 0 Å². The van der Waals surface area contributed by atoms with Gasteiger partial charge in [-0.3, -0.25) is 4.68 Å². The van der Waals surface area contributed by atoms with Gasteiger partial charge in [0, 0.05) is 18.6 Å². The average Bonchev–Trinajstić information content (AvgIpc) is 3.05. The predicted molar refractivity (Wildman–Crippen MR) is 84.7 cm³/mol. The first-order valence-corrected chi connectivity index (χ1v) is 7.50. The Balaban J connectivity index is 1.82. The van der Waals surface area contributed by atoms with Crippen LogP contribution in [0.1, 0.15) is 31.9 Å². The van der Waals surface area contributed by atoms with Crippen molar-refractivity contribution in [2.24, 2.45) is 0 Å². The molecule has 0 aliphatic carbocycles. The first kappa shape index (κ1) is 16.5. The molecular weight excluding hydrogens is 280 g/mol. The van der Waals surface area contributed by atoms with Crippen molar-refractivity contribution in [2.45, 2.75) is 45.0 Å². The Hall–Kier alpha value is -1.92. The summed E-state index contributed by atoms with van der Waals surface area (Å²) in [4.78, 5) is 3.92. The molecule has 120 valence electrons. The highest BCUT2D eigenvalue weighted by Gasteiger charge is 2.18. The Morgan fingerprint density at radius 1 is 1.27 bits per heavy atom. The molecule has 0 saturated heterocycles. The Kier molecular flexibility index (Phi) is 5.91. The molecule has 1 aromatic heterocycles. The number of nitrogens with one attached hydrogen (secondary N) is 1. The summed E-state index contributed by atoms with van der Waals surface area (Å²) in [6.45, 7) is 4.90. The summed E-state index contributed by atoms with van der Waals surface area (Å²) in [6.07, 6.45) is 3.61. The van der Waals surface area contributed by atoms with Crippen LogP contribution in [0.2, 0.25) is 0 Å². The zero-order valence-electron chi connectivity index (χ0n) is 13.3. The van der Waals surface area contributed by atoms with Crippen molar-refractivity contribution >= 4 is 0 Å². The highest BCUT2D eigenvalue weighted by Crippen LogP contribution is 2.20. The molecule has 0 aliphatic heterocycles. The SMILES string of the molecule is COc1ccc(C(O)C(C)NC(C)CCn2cncn2)cc1. The smallest absolute Gasteiger partial charge is 0.137 e. The number of aliphatic hydroxyl groups excluding tert-OH is 1. The molecule has 6 nitrogen and oxygen atoms in total. The lowest BCUT2D eigenvalue weighted by atomic mass is 10.0. The molecule has 2 N–H and O–H groups in total. The number of aryl methyl sites for hydroxylation is 1. The minimum Gasteiger partial charge on any atom is -0.497 e. The summed E-state index contributed by atoms with van der Waals surface area (Å²) >= 11 is 0. The molecule has 0 radical (unpaired) electrons. The molecule has 0 bridgehead atoms. The molecule has 2 aromatic rings. The molecule has 0 spiro atoms. The maximum Gasteiger partial charge on any atom is 0.137 e. The number of ether oxygens (including phenoxy) is 1. The molecule has 6 heteroatoms. The van der Waals surface area contributed by atoms with Crippen LogP contribution < -0.4 is 10.1 Å². The van der Waals surface area contributed by atoms with Crippen molar-refractivity contribution in [3.05, 3.63) is 42.5 Å². The fourth-order valence-electron chi connectivity index (χ4n) is 2.39. The number of methoxy groups -OCH3 is 1. The molecule has 22 heavy (non-hydrogen) atoms. The third-order valence-corrected chi connectivity index (χ3v) is 3.74. The van der Waals surface area contributed by atoms with Crippen LogP contribution in [0.4, 0.5) is 0 Å². The highest BCUT2D eigenvalue weighted by atomic mass is 16.5. The lowest BCUT2D eigenvalue weighted by Gasteiger charge is -2.25. The maximum absolute atomic E-state index is 10.4. The molecule has 3 atom stereocenters. The van der Waals surface area contributed by atoms with Gasteiger partial charge in [-0.05, 0) is 38.0 Å². The minimum absolute atomic E-state index is 0.0425. The van der Waals surface area contributed by atoms with Gasteiger partial charge in [0.2, 0.25) is 0 Å². The molecular formula is C16H24N4O2. The van der Waals surface area contributed by atoms with E-state index in [1.54, 1.807) is 13.4 Å². The summed E-state index contributed by atoms with van der Waals surface area (Å²) in [6, 6.07) is 7.73. The Labute approximate surface area is 131 Å². The Morgan fingerprint density at radius 3 is 2.59 bits per heavy atom. The fraction of sp³-hybridized carbons (Fsp3) is 0.500. The van der Waals surface area contributed by atoms with E-state index in [0.717, 1.165) is 24.3 Å². The van der Waals surface area contributed by atoms with Crippen LogP contribution in [0.25, 0.3) is 0 Å². The molecule has 3 unspecified atom stereocenters. The average molecular weight is 304 g/mol. The first-order valence-electron chi connectivity index (χ1n) is 7.50. The number of benzene rings is 1. The third kappa shape index (κ3) is 4.54. The van der Waals surface area contributed by atoms with Crippen LogP contribution >= 0.6 is 0 Å². The van der Waals surface area contributed by atoms with Gasteiger partial charge in [0.05, 0.1) is 13.2 Å². The van der Waals surface area contributed by atoms with E-state index in [1.807, 2.05) is 35.9 Å². The molecule has 0 fully saturated rings. The fourth-order valence-corrected chi connectivity index (χ4v) is 2.39. The number of nitrogens with zero attached hydrogens (tertiary/aromatic N) is 3. The predicted octanol–water partition coefficient (Wildman–Crippen LogP) is 1.78. The molecule has 2 rings (SSSR count). The summed E-state index contributed by atoms with van der Waals surface area (Å²) in [7, 11) is 1.63. The molecule has 1 heterocycles. The lowest BCUT2D eigenvalue weighted by Crippen LogP contribution is -2.39. The van der Waals surface area contributed by atoms with E-state index in [0.29, 0.717) is 0 Å². The number of aromatic nitrogens is 3. The standard InChI is InChI=1S/C16H24N4O2/c1-12(8-9-20-11-17-10-18-20)19-13(2)16(21)14-4-6-15(22-3)7-5-14/h4-7,10-13,16,19,21H,8-9H2,1-3H3. The number of hydrogen-bond donors (Lipinski definition) is 2. The second kappa shape index (κ2) is 7.91. The Bertz CT molecular complexity index is 542. The number of hydrogen-bond acceptors (Lipinski definition) is 5. The lowest BCUT2D eigenvalue weighted by molar-refractivity contribution is 0.129. The van der Waals surface area contributed by atoms with E-state index in [4.69, 9.17) is 4.74 Å². The topological polar surface area (TPSA) is 72.2 Å². The zero-order valence-corrected chi connectivity index (χ0v) is 13.3. The van der Waals surface area contributed by atoms with Crippen LogP contribution in [-0.4, -0.2) is 39.1 Å². The van der Waals surface area contributed by atoms with E-state index in [9.17, 15) is 5.11 Å². The van der Waals surface area contributed by atoms with Crippen LogP contribution in [0.5, 0.6) is 5.75 Å². The number of aliphatic hydroxyl groups is 1. The van der Waals surface area contributed by atoms with Crippen LogP contribution in [0, 0.1) is 0 Å². The van der Waals surface area contributed by atoms with Gasteiger partial charge in [0.25, 0.3) is 0 Å². The van der Waals surface area contributed by atoms with Gasteiger partial charge in [-0.2, -0.15) is 5.10 Å². The van der Waals surface area contributed by atoms with Gasteiger partial charge in [-0.1, -0.05) is 12.1 Å². The quantitative estimate of drug-likeness (QED) is 0.778. The van der Waals surface area contributed by atoms with E-state index >= 15 is 0 Å². The van der Waals surface area contributed by atoms with Crippen molar-refractivity contribution in [2.75, 3.05) is 7.11 Å². The summed E-state index contributed by atoms with van der Waals surface area (Å²) < 4.78 is 6.94. The van der Waals surface area contributed by atoms with Crippen LogP contribution in [-0.2, 0) is 6.54 Å². The molecule has 0 amide bonds. The van der Waals surface area contributed by atoms with Crippen molar-refractivity contribution < 1.29 is 9.84 Å². The first-order chi connectivity index (χ1) is 10.6.